The van der Waals surface area contributed by atoms with Crippen LogP contribution in [0.3, 0.4) is 0 Å². The second kappa shape index (κ2) is 5.31. The van der Waals surface area contributed by atoms with Gasteiger partial charge in [0.2, 0.25) is 0 Å². The van der Waals surface area contributed by atoms with Crippen LogP contribution >= 0.6 is 11.3 Å². The molecular formula is C16H17N3S. The van der Waals surface area contributed by atoms with Crippen LogP contribution < -0.4 is 5.32 Å². The molecule has 0 bridgehead atoms. The molecule has 0 fully saturated rings. The van der Waals surface area contributed by atoms with Gasteiger partial charge in [-0.15, -0.1) is 11.3 Å². The first-order valence-electron chi connectivity index (χ1n) is 6.65. The molecule has 0 radical (unpaired) electrons. The average molecular weight is 283 g/mol. The van der Waals surface area contributed by atoms with E-state index in [2.05, 4.69) is 53.4 Å². The van der Waals surface area contributed by atoms with Crippen LogP contribution in [0.4, 0.5) is 0 Å². The Morgan fingerprint density at radius 2 is 2.05 bits per heavy atom. The lowest BCUT2D eigenvalue weighted by Gasteiger charge is -2.16. The number of benzene rings is 1. The minimum atomic E-state index is 0.186. The third-order valence-corrected chi connectivity index (χ3v) is 4.59. The van der Waals surface area contributed by atoms with E-state index in [-0.39, 0.29) is 6.04 Å². The maximum Gasteiger partial charge on any atom is 0.0900 e. The molecule has 1 unspecified atom stereocenters. The van der Waals surface area contributed by atoms with Gasteiger partial charge in [0.1, 0.15) is 0 Å². The molecule has 0 saturated heterocycles. The van der Waals surface area contributed by atoms with E-state index in [0.717, 1.165) is 16.2 Å². The molecule has 0 aliphatic rings. The number of aryl methyl sites for hydroxylation is 2. The molecule has 3 aromatic rings. The summed E-state index contributed by atoms with van der Waals surface area (Å²) >= 11 is 1.76. The predicted molar refractivity (Wildman–Crippen MR) is 84.2 cm³/mol. The molecule has 1 aromatic carbocycles. The van der Waals surface area contributed by atoms with Gasteiger partial charge in [-0.3, -0.25) is 4.98 Å². The van der Waals surface area contributed by atoms with E-state index in [1.54, 1.807) is 11.3 Å². The molecule has 0 saturated carbocycles. The Hall–Kier alpha value is -1.78. The molecular weight excluding hydrogens is 266 g/mol. The number of hydrogen-bond acceptors (Lipinski definition) is 4. The normalized spacial score (nSPS) is 12.8. The van der Waals surface area contributed by atoms with E-state index in [4.69, 9.17) is 0 Å². The molecule has 3 nitrogen and oxygen atoms in total. The summed E-state index contributed by atoms with van der Waals surface area (Å²) in [6.07, 6.45) is 1.83. The van der Waals surface area contributed by atoms with Crippen molar-refractivity contribution in [2.24, 2.45) is 0 Å². The zero-order valence-corrected chi connectivity index (χ0v) is 12.7. The fourth-order valence-corrected chi connectivity index (χ4v) is 3.60. The maximum absolute atomic E-state index is 4.53. The Balaban J connectivity index is 2.09. The van der Waals surface area contributed by atoms with Crippen LogP contribution in [-0.4, -0.2) is 17.0 Å². The van der Waals surface area contributed by atoms with Crippen LogP contribution in [0.1, 0.15) is 27.2 Å². The smallest absolute Gasteiger partial charge is 0.0900 e. The third-order valence-electron chi connectivity index (χ3n) is 3.45. The summed E-state index contributed by atoms with van der Waals surface area (Å²) < 4.78 is 0. The molecule has 2 aromatic heterocycles. The van der Waals surface area contributed by atoms with Crippen molar-refractivity contribution >= 4 is 22.2 Å². The first-order valence-corrected chi connectivity index (χ1v) is 7.46. The SMILES string of the molecule is CNC(c1ccc2ncccc2c1)c1sc(C)nc1C. The van der Waals surface area contributed by atoms with Crippen LogP contribution in [0.2, 0.25) is 0 Å². The van der Waals surface area contributed by atoms with Gasteiger partial charge < -0.3 is 5.32 Å². The number of pyridine rings is 1. The first kappa shape index (κ1) is 13.2. The van der Waals surface area contributed by atoms with Gasteiger partial charge in [-0.2, -0.15) is 0 Å². The van der Waals surface area contributed by atoms with Crippen molar-refractivity contribution in [3.05, 3.63) is 57.7 Å². The third kappa shape index (κ3) is 2.32. The lowest BCUT2D eigenvalue weighted by atomic mass is 10.0. The summed E-state index contributed by atoms with van der Waals surface area (Å²) in [6.45, 7) is 4.13. The highest BCUT2D eigenvalue weighted by atomic mass is 32.1. The van der Waals surface area contributed by atoms with Crippen molar-refractivity contribution in [3.63, 3.8) is 0 Å². The van der Waals surface area contributed by atoms with Crippen molar-refractivity contribution in [1.29, 1.82) is 0 Å². The molecule has 1 atom stereocenters. The molecule has 0 spiro atoms. The van der Waals surface area contributed by atoms with Crippen molar-refractivity contribution in [2.45, 2.75) is 19.9 Å². The first-order chi connectivity index (χ1) is 9.69. The van der Waals surface area contributed by atoms with Gasteiger partial charge in [-0.1, -0.05) is 12.1 Å². The minimum Gasteiger partial charge on any atom is -0.309 e. The number of rotatable bonds is 3. The number of aromatic nitrogens is 2. The molecule has 4 heteroatoms. The number of nitrogens with zero attached hydrogens (tertiary/aromatic N) is 2. The lowest BCUT2D eigenvalue weighted by molar-refractivity contribution is 0.698. The van der Waals surface area contributed by atoms with Gasteiger partial charge in [-0.25, -0.2) is 4.98 Å². The molecule has 1 N–H and O–H groups in total. The molecule has 102 valence electrons. The fourth-order valence-electron chi connectivity index (χ4n) is 2.54. The standard InChI is InChI=1S/C16H17N3S/c1-10-16(20-11(2)19-10)15(17-3)13-6-7-14-12(9-13)5-4-8-18-14/h4-9,15,17H,1-3H3. The highest BCUT2D eigenvalue weighted by molar-refractivity contribution is 7.11. The quantitative estimate of drug-likeness (QED) is 0.798. The van der Waals surface area contributed by atoms with Gasteiger partial charge in [0.05, 0.1) is 22.3 Å². The zero-order chi connectivity index (χ0) is 14.1. The van der Waals surface area contributed by atoms with E-state index in [1.165, 1.54) is 15.8 Å². The van der Waals surface area contributed by atoms with Gasteiger partial charge in [0, 0.05) is 16.5 Å². The average Bonchev–Trinajstić information content (AvgIpc) is 2.78. The van der Waals surface area contributed by atoms with Crippen molar-refractivity contribution in [1.82, 2.24) is 15.3 Å². The van der Waals surface area contributed by atoms with Crippen LogP contribution in [0, 0.1) is 13.8 Å². The fraction of sp³-hybridized carbons (Fsp3) is 0.250. The topological polar surface area (TPSA) is 37.8 Å². The highest BCUT2D eigenvalue weighted by Crippen LogP contribution is 2.30. The summed E-state index contributed by atoms with van der Waals surface area (Å²) in [7, 11) is 1.99. The Labute approximate surface area is 122 Å². The monoisotopic (exact) mass is 283 g/mol. The summed E-state index contributed by atoms with van der Waals surface area (Å²) in [4.78, 5) is 10.2. The van der Waals surface area contributed by atoms with E-state index >= 15 is 0 Å². The lowest BCUT2D eigenvalue weighted by Crippen LogP contribution is -2.17. The Morgan fingerprint density at radius 3 is 2.75 bits per heavy atom. The second-order valence-electron chi connectivity index (χ2n) is 4.86. The van der Waals surface area contributed by atoms with Gasteiger partial charge in [-0.05, 0) is 44.7 Å². The molecule has 20 heavy (non-hydrogen) atoms. The Morgan fingerprint density at radius 1 is 1.20 bits per heavy atom. The molecule has 0 amide bonds. The van der Waals surface area contributed by atoms with Crippen LogP contribution in [0.15, 0.2) is 36.5 Å². The maximum atomic E-state index is 4.53. The van der Waals surface area contributed by atoms with Crippen molar-refractivity contribution in [3.8, 4) is 0 Å². The predicted octanol–water partition coefficient (Wildman–Crippen LogP) is 3.62. The molecule has 0 aliphatic carbocycles. The van der Waals surface area contributed by atoms with E-state index in [9.17, 15) is 0 Å². The van der Waals surface area contributed by atoms with E-state index in [0.29, 0.717) is 0 Å². The summed E-state index contributed by atoms with van der Waals surface area (Å²) in [6, 6.07) is 10.7. The van der Waals surface area contributed by atoms with Crippen LogP contribution in [-0.2, 0) is 0 Å². The zero-order valence-electron chi connectivity index (χ0n) is 11.8. The Bertz CT molecular complexity index is 748. The van der Waals surface area contributed by atoms with Crippen LogP contribution in [0.5, 0.6) is 0 Å². The van der Waals surface area contributed by atoms with Crippen LogP contribution in [0.25, 0.3) is 10.9 Å². The number of thiazole rings is 1. The van der Waals surface area contributed by atoms with Gasteiger partial charge >= 0.3 is 0 Å². The molecule has 0 aliphatic heterocycles. The van der Waals surface area contributed by atoms with E-state index in [1.807, 2.05) is 19.3 Å². The minimum absolute atomic E-state index is 0.186. The van der Waals surface area contributed by atoms with Crippen molar-refractivity contribution in [2.75, 3.05) is 7.05 Å². The molecule has 3 rings (SSSR count). The Kier molecular flexibility index (Phi) is 3.51. The summed E-state index contributed by atoms with van der Waals surface area (Å²) in [5.74, 6) is 0. The van der Waals surface area contributed by atoms with Gasteiger partial charge in [0.15, 0.2) is 0 Å². The summed E-state index contributed by atoms with van der Waals surface area (Å²) in [5, 5.41) is 5.69. The number of fused-ring (bicyclic) bond motifs is 1. The van der Waals surface area contributed by atoms with E-state index < -0.39 is 0 Å². The van der Waals surface area contributed by atoms with Gasteiger partial charge in [0.25, 0.3) is 0 Å². The number of nitrogens with one attached hydrogen (secondary N) is 1. The number of hydrogen-bond donors (Lipinski definition) is 1. The largest absolute Gasteiger partial charge is 0.309 e. The second-order valence-corrected chi connectivity index (χ2v) is 6.09. The summed E-state index contributed by atoms with van der Waals surface area (Å²) in [5.41, 5.74) is 3.39. The van der Waals surface area contributed by atoms with Crippen molar-refractivity contribution < 1.29 is 0 Å². The molecule has 2 heterocycles. The highest BCUT2D eigenvalue weighted by Gasteiger charge is 2.18.